The van der Waals surface area contributed by atoms with Gasteiger partial charge in [0.25, 0.3) is 5.91 Å². The van der Waals surface area contributed by atoms with Crippen molar-refractivity contribution >= 4 is 23.4 Å². The van der Waals surface area contributed by atoms with Gasteiger partial charge in [-0.2, -0.15) is 0 Å². The predicted octanol–water partition coefficient (Wildman–Crippen LogP) is 2.73. The van der Waals surface area contributed by atoms with Crippen molar-refractivity contribution < 1.29 is 18.7 Å². The Bertz CT molecular complexity index is 966. The van der Waals surface area contributed by atoms with Gasteiger partial charge in [-0.25, -0.2) is 4.39 Å². The Kier molecular flexibility index (Phi) is 5.90. The van der Waals surface area contributed by atoms with Crippen LogP contribution in [0.2, 0.25) is 5.02 Å². The number of halogens is 2. The largest absolute Gasteiger partial charge is 0.484 e. The van der Waals surface area contributed by atoms with E-state index in [0.717, 1.165) is 11.6 Å². The molecule has 4 N–H and O–H groups in total. The first-order valence-corrected chi connectivity index (χ1v) is 10.6. The van der Waals surface area contributed by atoms with Gasteiger partial charge in [-0.1, -0.05) is 41.9 Å². The van der Waals surface area contributed by atoms with E-state index in [1.165, 1.54) is 12.1 Å². The molecule has 31 heavy (non-hydrogen) atoms. The number of carbonyl (C=O) groups excluding carboxylic acids is 2. The highest BCUT2D eigenvalue weighted by molar-refractivity contribution is 6.30. The number of hydrogen-bond donors (Lipinski definition) is 3. The zero-order chi connectivity index (χ0) is 22.1. The summed E-state index contributed by atoms with van der Waals surface area (Å²) in [6, 6.07) is 13.6. The Morgan fingerprint density at radius 2 is 1.71 bits per heavy atom. The number of nitrogens with one attached hydrogen (secondary N) is 2. The molecule has 5 rings (SSSR count). The van der Waals surface area contributed by atoms with E-state index < -0.39 is 5.82 Å². The molecule has 164 valence electrons. The Morgan fingerprint density at radius 3 is 2.35 bits per heavy atom. The Morgan fingerprint density at radius 1 is 1.06 bits per heavy atom. The standard InChI is InChI=1S/C23H25ClFN3O3/c24-18-7-6-17(10-19(18)25)31-11-21(30)28-23-12-22(13-23,14-23)27-20(29)9-16(26)8-15-4-2-1-3-5-15/h1-7,10,16H,8-9,11-14,26H2,(H,27,29)(H,28,30). The van der Waals surface area contributed by atoms with Gasteiger partial charge >= 0.3 is 0 Å². The van der Waals surface area contributed by atoms with Gasteiger partial charge in [0.15, 0.2) is 6.61 Å². The molecule has 1 atom stereocenters. The molecule has 0 aliphatic heterocycles. The first-order chi connectivity index (χ1) is 14.8. The molecule has 2 bridgehead atoms. The van der Waals surface area contributed by atoms with Crippen LogP contribution in [-0.4, -0.2) is 35.5 Å². The van der Waals surface area contributed by atoms with Crippen molar-refractivity contribution in [1.29, 1.82) is 0 Å². The molecule has 0 heterocycles. The topological polar surface area (TPSA) is 93.5 Å². The Balaban J connectivity index is 1.16. The first kappa shape index (κ1) is 21.6. The number of hydrogen-bond acceptors (Lipinski definition) is 4. The summed E-state index contributed by atoms with van der Waals surface area (Å²) >= 11 is 5.63. The summed E-state index contributed by atoms with van der Waals surface area (Å²) in [4.78, 5) is 24.6. The molecule has 2 aromatic carbocycles. The van der Waals surface area contributed by atoms with Crippen molar-refractivity contribution in [3.63, 3.8) is 0 Å². The molecular formula is C23H25ClFN3O3. The predicted molar refractivity (Wildman–Crippen MR) is 115 cm³/mol. The maximum atomic E-state index is 13.4. The molecule has 3 aliphatic rings. The van der Waals surface area contributed by atoms with Gasteiger partial charge in [0, 0.05) is 29.6 Å². The zero-order valence-electron chi connectivity index (χ0n) is 17.0. The van der Waals surface area contributed by atoms with Crippen molar-refractivity contribution in [2.45, 2.75) is 49.2 Å². The molecule has 2 amide bonds. The third kappa shape index (κ3) is 4.99. The molecule has 0 spiro atoms. The summed E-state index contributed by atoms with van der Waals surface area (Å²) in [7, 11) is 0. The lowest BCUT2D eigenvalue weighted by molar-refractivity contribution is -0.150. The molecule has 3 fully saturated rings. The first-order valence-electron chi connectivity index (χ1n) is 10.3. The number of benzene rings is 2. The number of carbonyl (C=O) groups is 2. The average molecular weight is 446 g/mol. The van der Waals surface area contributed by atoms with Crippen LogP contribution in [0.4, 0.5) is 4.39 Å². The second-order valence-corrected chi connectivity index (χ2v) is 9.11. The highest BCUT2D eigenvalue weighted by Crippen LogP contribution is 2.60. The van der Waals surface area contributed by atoms with Gasteiger partial charge in [0.1, 0.15) is 11.6 Å². The van der Waals surface area contributed by atoms with Crippen molar-refractivity contribution in [2.24, 2.45) is 5.73 Å². The smallest absolute Gasteiger partial charge is 0.258 e. The molecule has 0 aromatic heterocycles. The fourth-order valence-corrected chi connectivity index (χ4v) is 4.79. The Labute approximate surface area is 185 Å². The van der Waals surface area contributed by atoms with Gasteiger partial charge in [-0.3, -0.25) is 9.59 Å². The van der Waals surface area contributed by atoms with Gasteiger partial charge in [0.2, 0.25) is 5.91 Å². The molecule has 3 saturated carbocycles. The van der Waals surface area contributed by atoms with Crippen LogP contribution in [0.25, 0.3) is 0 Å². The molecule has 3 aliphatic carbocycles. The quantitative estimate of drug-likeness (QED) is 0.553. The maximum Gasteiger partial charge on any atom is 0.258 e. The summed E-state index contributed by atoms with van der Waals surface area (Å²) in [5.41, 5.74) is 6.71. The van der Waals surface area contributed by atoms with Gasteiger partial charge in [-0.05, 0) is 43.4 Å². The summed E-state index contributed by atoms with van der Waals surface area (Å²) in [6.45, 7) is -0.212. The van der Waals surface area contributed by atoms with E-state index >= 15 is 0 Å². The van der Waals surface area contributed by atoms with Crippen molar-refractivity contribution in [3.05, 3.63) is 64.9 Å². The fraction of sp³-hybridized carbons (Fsp3) is 0.391. The van der Waals surface area contributed by atoms with Gasteiger partial charge in [0.05, 0.1) is 5.02 Å². The maximum absolute atomic E-state index is 13.4. The number of rotatable bonds is 9. The Hall–Kier alpha value is -2.64. The van der Waals surface area contributed by atoms with Crippen molar-refractivity contribution in [1.82, 2.24) is 10.6 Å². The average Bonchev–Trinajstić information content (AvgIpc) is 2.67. The zero-order valence-corrected chi connectivity index (χ0v) is 17.8. The highest BCUT2D eigenvalue weighted by Gasteiger charge is 2.69. The summed E-state index contributed by atoms with van der Waals surface area (Å²) in [6.07, 6.45) is 3.00. The second kappa shape index (κ2) is 8.48. The second-order valence-electron chi connectivity index (χ2n) is 8.71. The third-order valence-corrected chi connectivity index (χ3v) is 6.20. The van der Waals surface area contributed by atoms with E-state index in [-0.39, 0.29) is 52.7 Å². The molecule has 0 saturated heterocycles. The number of ether oxygens (including phenoxy) is 1. The summed E-state index contributed by atoms with van der Waals surface area (Å²) in [5.74, 6) is -0.693. The van der Waals surface area contributed by atoms with Crippen LogP contribution in [0.1, 0.15) is 31.2 Å². The van der Waals surface area contributed by atoms with Crippen LogP contribution in [0.15, 0.2) is 48.5 Å². The van der Waals surface area contributed by atoms with E-state index in [1.807, 2.05) is 30.3 Å². The molecule has 2 aromatic rings. The number of amides is 2. The number of nitrogens with two attached hydrogens (primary N) is 1. The SMILES string of the molecule is NC(CC(=O)NC12CC(NC(=O)COc3ccc(Cl)c(F)c3)(C1)C2)Cc1ccccc1. The minimum atomic E-state index is -0.597. The monoisotopic (exact) mass is 445 g/mol. The molecule has 6 nitrogen and oxygen atoms in total. The van der Waals surface area contributed by atoms with Gasteiger partial charge in [-0.15, -0.1) is 0 Å². The van der Waals surface area contributed by atoms with Crippen molar-refractivity contribution in [3.8, 4) is 5.75 Å². The van der Waals surface area contributed by atoms with Gasteiger partial charge < -0.3 is 21.1 Å². The van der Waals surface area contributed by atoms with E-state index in [1.54, 1.807) is 0 Å². The molecule has 1 unspecified atom stereocenters. The van der Waals surface area contributed by atoms with Crippen molar-refractivity contribution in [2.75, 3.05) is 6.61 Å². The molecular weight excluding hydrogens is 421 g/mol. The van der Waals surface area contributed by atoms with E-state index in [2.05, 4.69) is 10.6 Å². The van der Waals surface area contributed by atoms with E-state index in [4.69, 9.17) is 22.1 Å². The summed E-state index contributed by atoms with van der Waals surface area (Å²) < 4.78 is 18.7. The molecule has 0 radical (unpaired) electrons. The highest BCUT2D eigenvalue weighted by atomic mass is 35.5. The normalized spacial score (nSPS) is 24.4. The van der Waals surface area contributed by atoms with Crippen LogP contribution in [-0.2, 0) is 16.0 Å². The minimum Gasteiger partial charge on any atom is -0.484 e. The van der Waals surface area contributed by atoms with Crippen LogP contribution >= 0.6 is 11.6 Å². The minimum absolute atomic E-state index is 0.000893. The lowest BCUT2D eigenvalue weighted by atomic mass is 9.44. The van der Waals surface area contributed by atoms with Crippen LogP contribution in [0.5, 0.6) is 5.75 Å². The third-order valence-electron chi connectivity index (χ3n) is 5.89. The summed E-state index contributed by atoms with van der Waals surface area (Å²) in [5, 5.41) is 6.05. The fourth-order valence-electron chi connectivity index (χ4n) is 4.67. The van der Waals surface area contributed by atoms with Crippen LogP contribution < -0.4 is 21.1 Å². The van der Waals surface area contributed by atoms with Crippen LogP contribution in [0.3, 0.4) is 0 Å². The lowest BCUT2D eigenvalue weighted by Gasteiger charge is -2.70. The van der Waals surface area contributed by atoms with E-state index in [0.29, 0.717) is 25.7 Å². The van der Waals surface area contributed by atoms with Crippen LogP contribution in [0, 0.1) is 5.82 Å². The molecule has 8 heteroatoms. The van der Waals surface area contributed by atoms with E-state index in [9.17, 15) is 14.0 Å². The lowest BCUT2D eigenvalue weighted by Crippen LogP contribution is -2.84.